The molecule has 1 fully saturated rings. The highest BCUT2D eigenvalue weighted by molar-refractivity contribution is 5.87. The van der Waals surface area contributed by atoms with Crippen molar-refractivity contribution in [1.29, 1.82) is 0 Å². The fourth-order valence-corrected chi connectivity index (χ4v) is 3.38. The highest BCUT2D eigenvalue weighted by Gasteiger charge is 2.23. The Morgan fingerprint density at radius 3 is 3.09 bits per heavy atom. The molecule has 122 valence electrons. The van der Waals surface area contributed by atoms with E-state index in [1.807, 2.05) is 30.6 Å². The number of aromatic nitrogens is 2. The van der Waals surface area contributed by atoms with Gasteiger partial charge in [0, 0.05) is 25.5 Å². The van der Waals surface area contributed by atoms with Crippen LogP contribution in [-0.2, 0) is 13.1 Å². The van der Waals surface area contributed by atoms with E-state index in [1.165, 1.54) is 0 Å². The maximum absolute atomic E-state index is 11.2. The first-order valence-corrected chi connectivity index (χ1v) is 8.23. The molecule has 5 nitrogen and oxygen atoms in total. The number of benzene rings is 1. The summed E-state index contributed by atoms with van der Waals surface area (Å²) in [5.74, 6) is 0.644. The summed E-state index contributed by atoms with van der Waals surface area (Å²) in [5.41, 5.74) is 1.51. The number of carboxylic acid groups (broad SMARTS) is 1. The van der Waals surface area contributed by atoms with Crippen LogP contribution in [0.25, 0.3) is 0 Å². The molecule has 1 saturated heterocycles. The van der Waals surface area contributed by atoms with E-state index >= 15 is 0 Å². The van der Waals surface area contributed by atoms with Crippen molar-refractivity contribution in [2.45, 2.75) is 38.8 Å². The Morgan fingerprint density at radius 1 is 1.43 bits per heavy atom. The molecule has 5 heteroatoms. The van der Waals surface area contributed by atoms with E-state index < -0.39 is 5.97 Å². The lowest BCUT2D eigenvalue weighted by molar-refractivity contribution is 0.0696. The lowest BCUT2D eigenvalue weighted by Crippen LogP contribution is -2.34. The summed E-state index contributed by atoms with van der Waals surface area (Å²) >= 11 is 0. The number of carbonyl (C=O) groups is 1. The Labute approximate surface area is 136 Å². The fraction of sp³-hybridized carbons (Fsp3) is 0.444. The van der Waals surface area contributed by atoms with Gasteiger partial charge in [0.2, 0.25) is 0 Å². The molecule has 0 radical (unpaired) electrons. The molecule has 0 saturated carbocycles. The van der Waals surface area contributed by atoms with E-state index in [9.17, 15) is 4.79 Å². The molecule has 3 rings (SSSR count). The average Bonchev–Trinajstić information content (AvgIpc) is 3.02. The van der Waals surface area contributed by atoms with Crippen LogP contribution < -0.4 is 0 Å². The molecule has 0 bridgehead atoms. The van der Waals surface area contributed by atoms with Gasteiger partial charge in [-0.05, 0) is 49.9 Å². The van der Waals surface area contributed by atoms with Gasteiger partial charge in [0.15, 0.2) is 0 Å². The Balaban J connectivity index is 1.71. The number of carboxylic acids is 1. The van der Waals surface area contributed by atoms with Gasteiger partial charge in [0.1, 0.15) is 5.82 Å². The minimum Gasteiger partial charge on any atom is -0.478 e. The molecular weight excluding hydrogens is 290 g/mol. The standard InChI is InChI=1S/C18H23N3O2/c1-2-21-10-8-19-17(21)13-20-9-4-7-16(12-20)14-5-3-6-15(11-14)18(22)23/h3,5-6,8,10-11,16H,2,4,7,9,12-13H2,1H3,(H,22,23). The number of aromatic carboxylic acids is 1. The van der Waals surface area contributed by atoms with Crippen molar-refractivity contribution in [3.05, 3.63) is 53.6 Å². The average molecular weight is 313 g/mol. The van der Waals surface area contributed by atoms with Gasteiger partial charge in [-0.3, -0.25) is 4.90 Å². The third-order valence-corrected chi connectivity index (χ3v) is 4.62. The highest BCUT2D eigenvalue weighted by Crippen LogP contribution is 2.28. The topological polar surface area (TPSA) is 58.4 Å². The summed E-state index contributed by atoms with van der Waals surface area (Å²) in [5, 5.41) is 9.17. The molecule has 1 aliphatic heterocycles. The first kappa shape index (κ1) is 15.7. The first-order chi connectivity index (χ1) is 11.2. The number of piperidine rings is 1. The van der Waals surface area contributed by atoms with Crippen molar-refractivity contribution >= 4 is 5.97 Å². The van der Waals surface area contributed by atoms with E-state index in [4.69, 9.17) is 5.11 Å². The molecular formula is C18H23N3O2. The lowest BCUT2D eigenvalue weighted by Gasteiger charge is -2.33. The maximum atomic E-state index is 11.2. The number of rotatable bonds is 5. The van der Waals surface area contributed by atoms with Gasteiger partial charge in [0.25, 0.3) is 0 Å². The number of hydrogen-bond acceptors (Lipinski definition) is 3. The van der Waals surface area contributed by atoms with Crippen LogP contribution >= 0.6 is 0 Å². The predicted molar refractivity (Wildman–Crippen MR) is 88.6 cm³/mol. The molecule has 1 aromatic carbocycles. The number of nitrogens with zero attached hydrogens (tertiary/aromatic N) is 3. The van der Waals surface area contributed by atoms with E-state index in [0.29, 0.717) is 11.5 Å². The Morgan fingerprint density at radius 2 is 2.30 bits per heavy atom. The van der Waals surface area contributed by atoms with Gasteiger partial charge in [-0.1, -0.05) is 12.1 Å². The van der Waals surface area contributed by atoms with Crippen molar-refractivity contribution in [2.24, 2.45) is 0 Å². The van der Waals surface area contributed by atoms with Crippen LogP contribution in [-0.4, -0.2) is 38.6 Å². The molecule has 1 atom stereocenters. The van der Waals surface area contributed by atoms with Crippen LogP contribution in [0, 0.1) is 0 Å². The van der Waals surface area contributed by atoms with Crippen molar-refractivity contribution in [2.75, 3.05) is 13.1 Å². The molecule has 0 aliphatic carbocycles. The Kier molecular flexibility index (Phi) is 4.76. The zero-order valence-electron chi connectivity index (χ0n) is 13.5. The van der Waals surface area contributed by atoms with Gasteiger partial charge in [-0.15, -0.1) is 0 Å². The van der Waals surface area contributed by atoms with Crippen LogP contribution in [0.15, 0.2) is 36.7 Å². The Bertz CT molecular complexity index is 680. The zero-order valence-corrected chi connectivity index (χ0v) is 13.5. The van der Waals surface area contributed by atoms with Crippen molar-refractivity contribution < 1.29 is 9.90 Å². The smallest absolute Gasteiger partial charge is 0.335 e. The zero-order chi connectivity index (χ0) is 16.2. The van der Waals surface area contributed by atoms with E-state index in [-0.39, 0.29) is 0 Å². The van der Waals surface area contributed by atoms with Crippen LogP contribution in [0.5, 0.6) is 0 Å². The summed E-state index contributed by atoms with van der Waals surface area (Å²) in [6, 6.07) is 7.38. The minimum absolute atomic E-state index is 0.376. The van der Waals surface area contributed by atoms with Crippen molar-refractivity contribution in [3.63, 3.8) is 0 Å². The summed E-state index contributed by atoms with van der Waals surface area (Å²) in [4.78, 5) is 18.0. The monoisotopic (exact) mass is 313 g/mol. The SMILES string of the molecule is CCn1ccnc1CN1CCCC(c2cccc(C(=O)O)c2)C1. The molecule has 0 spiro atoms. The third kappa shape index (κ3) is 3.62. The number of aryl methyl sites for hydroxylation is 1. The van der Waals surface area contributed by atoms with Crippen LogP contribution in [0.1, 0.15) is 47.4 Å². The van der Waals surface area contributed by atoms with E-state index in [1.54, 1.807) is 6.07 Å². The van der Waals surface area contributed by atoms with Crippen molar-refractivity contribution in [1.82, 2.24) is 14.5 Å². The molecule has 0 amide bonds. The van der Waals surface area contributed by atoms with E-state index in [2.05, 4.69) is 21.4 Å². The number of hydrogen-bond donors (Lipinski definition) is 1. The van der Waals surface area contributed by atoms with Crippen LogP contribution in [0.2, 0.25) is 0 Å². The van der Waals surface area contributed by atoms with Crippen LogP contribution in [0.3, 0.4) is 0 Å². The number of imidazole rings is 1. The van der Waals surface area contributed by atoms with Gasteiger partial charge < -0.3 is 9.67 Å². The minimum atomic E-state index is -0.857. The lowest BCUT2D eigenvalue weighted by atomic mass is 9.89. The molecule has 1 unspecified atom stereocenters. The highest BCUT2D eigenvalue weighted by atomic mass is 16.4. The van der Waals surface area contributed by atoms with E-state index in [0.717, 1.165) is 50.4 Å². The van der Waals surface area contributed by atoms with Crippen molar-refractivity contribution in [3.8, 4) is 0 Å². The second-order valence-corrected chi connectivity index (χ2v) is 6.13. The van der Waals surface area contributed by atoms with Gasteiger partial charge in [0.05, 0.1) is 12.1 Å². The summed E-state index contributed by atoms with van der Waals surface area (Å²) in [6.45, 7) is 5.95. The third-order valence-electron chi connectivity index (χ3n) is 4.62. The molecule has 1 aliphatic rings. The maximum Gasteiger partial charge on any atom is 0.335 e. The Hall–Kier alpha value is -2.14. The normalized spacial score (nSPS) is 18.9. The molecule has 2 aromatic rings. The quantitative estimate of drug-likeness (QED) is 0.922. The molecule has 1 N–H and O–H groups in total. The first-order valence-electron chi connectivity index (χ1n) is 8.23. The predicted octanol–water partition coefficient (Wildman–Crippen LogP) is 2.98. The largest absolute Gasteiger partial charge is 0.478 e. The second-order valence-electron chi connectivity index (χ2n) is 6.13. The summed E-state index contributed by atoms with van der Waals surface area (Å²) in [6.07, 6.45) is 6.13. The second kappa shape index (κ2) is 6.96. The molecule has 23 heavy (non-hydrogen) atoms. The van der Waals surface area contributed by atoms with Gasteiger partial charge in [-0.25, -0.2) is 9.78 Å². The fourth-order valence-electron chi connectivity index (χ4n) is 3.38. The molecule has 2 heterocycles. The summed E-state index contributed by atoms with van der Waals surface area (Å²) in [7, 11) is 0. The van der Waals surface area contributed by atoms with Gasteiger partial charge >= 0.3 is 5.97 Å². The van der Waals surface area contributed by atoms with Crippen LogP contribution in [0.4, 0.5) is 0 Å². The molecule has 1 aromatic heterocycles. The van der Waals surface area contributed by atoms with Gasteiger partial charge in [-0.2, -0.15) is 0 Å². The summed E-state index contributed by atoms with van der Waals surface area (Å²) < 4.78 is 2.18. The number of likely N-dealkylation sites (tertiary alicyclic amines) is 1.